The summed E-state index contributed by atoms with van der Waals surface area (Å²) in [6.45, 7) is 1.74. The van der Waals surface area contributed by atoms with Crippen molar-refractivity contribution in [3.05, 3.63) is 48.0 Å². The van der Waals surface area contributed by atoms with Crippen LogP contribution in [0.2, 0.25) is 0 Å². The van der Waals surface area contributed by atoms with Crippen LogP contribution < -0.4 is 10.1 Å². The van der Waals surface area contributed by atoms with Gasteiger partial charge in [-0.15, -0.1) is 0 Å². The average molecular weight is 331 g/mol. The zero-order valence-electron chi connectivity index (χ0n) is 13.0. The fourth-order valence-electron chi connectivity index (χ4n) is 1.94. The van der Waals surface area contributed by atoms with Gasteiger partial charge in [0.1, 0.15) is 22.8 Å². The molecule has 2 aromatic rings. The molecule has 0 unspecified atom stereocenters. The van der Waals surface area contributed by atoms with E-state index in [1.807, 2.05) is 6.92 Å². The first-order valence-electron chi connectivity index (χ1n) is 7.22. The highest BCUT2D eigenvalue weighted by Gasteiger charge is 2.15. The predicted molar refractivity (Wildman–Crippen MR) is 86.3 cm³/mol. The molecule has 0 aromatic heterocycles. The van der Waals surface area contributed by atoms with Crippen molar-refractivity contribution >= 4 is 17.6 Å². The van der Waals surface area contributed by atoms with Crippen molar-refractivity contribution < 1.29 is 29.3 Å². The van der Waals surface area contributed by atoms with Gasteiger partial charge in [-0.05, 0) is 31.2 Å². The van der Waals surface area contributed by atoms with Gasteiger partial charge in [0.2, 0.25) is 0 Å². The van der Waals surface area contributed by atoms with E-state index in [9.17, 15) is 19.8 Å². The van der Waals surface area contributed by atoms with Gasteiger partial charge in [-0.1, -0.05) is 12.1 Å². The van der Waals surface area contributed by atoms with Crippen molar-refractivity contribution in [3.63, 3.8) is 0 Å². The van der Waals surface area contributed by atoms with Crippen molar-refractivity contribution in [2.75, 3.05) is 18.5 Å². The molecule has 0 bridgehead atoms. The summed E-state index contributed by atoms with van der Waals surface area (Å²) in [7, 11) is 0. The minimum absolute atomic E-state index is 0.143. The van der Waals surface area contributed by atoms with Crippen LogP contribution in [0.5, 0.6) is 17.2 Å². The van der Waals surface area contributed by atoms with Crippen LogP contribution in [0.15, 0.2) is 42.5 Å². The molecule has 2 rings (SSSR count). The van der Waals surface area contributed by atoms with Gasteiger partial charge in [-0.2, -0.15) is 0 Å². The molecule has 0 aliphatic carbocycles. The van der Waals surface area contributed by atoms with Crippen LogP contribution in [0, 0.1) is 0 Å². The number of rotatable bonds is 6. The summed E-state index contributed by atoms with van der Waals surface area (Å²) in [6, 6.07) is 10.3. The lowest BCUT2D eigenvalue weighted by molar-refractivity contribution is -0.119. The first-order chi connectivity index (χ1) is 11.5. The van der Waals surface area contributed by atoms with Gasteiger partial charge in [0.25, 0.3) is 5.91 Å². The van der Waals surface area contributed by atoms with Gasteiger partial charge < -0.3 is 25.0 Å². The van der Waals surface area contributed by atoms with E-state index in [1.165, 1.54) is 12.1 Å². The van der Waals surface area contributed by atoms with Gasteiger partial charge in [-0.3, -0.25) is 4.79 Å². The normalized spacial score (nSPS) is 10.0. The quantitative estimate of drug-likeness (QED) is 0.702. The molecule has 2 aromatic carbocycles. The Morgan fingerprint density at radius 3 is 2.58 bits per heavy atom. The van der Waals surface area contributed by atoms with Gasteiger partial charge in [-0.25, -0.2) is 4.79 Å². The van der Waals surface area contributed by atoms with Gasteiger partial charge in [0.05, 0.1) is 12.3 Å². The van der Waals surface area contributed by atoms with Crippen LogP contribution in [0.3, 0.4) is 0 Å². The first kappa shape index (κ1) is 17.1. The third-order valence-electron chi connectivity index (χ3n) is 3.00. The summed E-state index contributed by atoms with van der Waals surface area (Å²) < 4.78 is 10.2. The molecule has 0 heterocycles. The molecule has 0 aliphatic rings. The smallest absolute Gasteiger partial charge is 0.342 e. The van der Waals surface area contributed by atoms with Crippen molar-refractivity contribution in [1.82, 2.24) is 0 Å². The highest BCUT2D eigenvalue weighted by Crippen LogP contribution is 2.24. The SMILES string of the molecule is CCOc1ccccc1NC(=O)COC(=O)c1ccc(O)cc1O. The molecule has 0 radical (unpaired) electrons. The molecule has 0 saturated carbocycles. The molecule has 24 heavy (non-hydrogen) atoms. The van der Waals surface area contributed by atoms with E-state index in [-0.39, 0.29) is 11.3 Å². The monoisotopic (exact) mass is 331 g/mol. The van der Waals surface area contributed by atoms with E-state index < -0.39 is 24.2 Å². The molecular formula is C17H17NO6. The molecular weight excluding hydrogens is 314 g/mol. The van der Waals surface area contributed by atoms with Crippen LogP contribution in [0.1, 0.15) is 17.3 Å². The molecule has 0 saturated heterocycles. The molecule has 126 valence electrons. The maximum absolute atomic E-state index is 11.9. The first-order valence-corrected chi connectivity index (χ1v) is 7.22. The number of amides is 1. The minimum atomic E-state index is -0.874. The molecule has 7 nitrogen and oxygen atoms in total. The summed E-state index contributed by atoms with van der Waals surface area (Å²) in [5.74, 6) is -1.53. The Bertz CT molecular complexity index is 744. The lowest BCUT2D eigenvalue weighted by Gasteiger charge is -2.11. The van der Waals surface area contributed by atoms with E-state index in [2.05, 4.69) is 5.32 Å². The fraction of sp³-hybridized carbons (Fsp3) is 0.176. The van der Waals surface area contributed by atoms with E-state index in [4.69, 9.17) is 9.47 Å². The van der Waals surface area contributed by atoms with Crippen molar-refractivity contribution in [2.45, 2.75) is 6.92 Å². The Hall–Kier alpha value is -3.22. The lowest BCUT2D eigenvalue weighted by Crippen LogP contribution is -2.21. The summed E-state index contributed by atoms with van der Waals surface area (Å²) in [5.41, 5.74) is 0.322. The molecule has 1 amide bonds. The number of nitrogens with one attached hydrogen (secondary N) is 1. The number of esters is 1. The number of aromatic hydroxyl groups is 2. The van der Waals surface area contributed by atoms with Crippen LogP contribution in [0.4, 0.5) is 5.69 Å². The molecule has 7 heteroatoms. The van der Waals surface area contributed by atoms with Crippen LogP contribution in [-0.2, 0) is 9.53 Å². The van der Waals surface area contributed by atoms with E-state index in [0.717, 1.165) is 6.07 Å². The van der Waals surface area contributed by atoms with E-state index >= 15 is 0 Å². The number of phenols is 2. The van der Waals surface area contributed by atoms with Crippen LogP contribution in [-0.4, -0.2) is 35.3 Å². The number of benzene rings is 2. The maximum atomic E-state index is 11.9. The van der Waals surface area contributed by atoms with Gasteiger partial charge in [0.15, 0.2) is 6.61 Å². The Balaban J connectivity index is 1.95. The number of hydrogen-bond acceptors (Lipinski definition) is 6. The van der Waals surface area contributed by atoms with Crippen molar-refractivity contribution in [3.8, 4) is 17.2 Å². The second-order valence-corrected chi connectivity index (χ2v) is 4.75. The number of carbonyl (C=O) groups is 2. The van der Waals surface area contributed by atoms with Gasteiger partial charge >= 0.3 is 5.97 Å². The number of anilines is 1. The zero-order chi connectivity index (χ0) is 17.5. The number of ether oxygens (including phenoxy) is 2. The van der Waals surface area contributed by atoms with Crippen LogP contribution in [0.25, 0.3) is 0 Å². The third kappa shape index (κ3) is 4.39. The largest absolute Gasteiger partial charge is 0.508 e. The maximum Gasteiger partial charge on any atom is 0.342 e. The van der Waals surface area contributed by atoms with Crippen molar-refractivity contribution in [1.29, 1.82) is 0 Å². The van der Waals surface area contributed by atoms with Gasteiger partial charge in [0, 0.05) is 6.07 Å². The topological polar surface area (TPSA) is 105 Å². The molecule has 0 atom stereocenters. The highest BCUT2D eigenvalue weighted by atomic mass is 16.5. The number of carbonyl (C=O) groups excluding carboxylic acids is 2. The van der Waals surface area contributed by atoms with Crippen molar-refractivity contribution in [2.24, 2.45) is 0 Å². The second kappa shape index (κ2) is 7.87. The predicted octanol–water partition coefficient (Wildman–Crippen LogP) is 2.29. The highest BCUT2D eigenvalue weighted by molar-refractivity contribution is 5.97. The summed E-state index contributed by atoms with van der Waals surface area (Å²) >= 11 is 0. The van der Waals surface area contributed by atoms with E-state index in [0.29, 0.717) is 18.0 Å². The zero-order valence-corrected chi connectivity index (χ0v) is 13.0. The Morgan fingerprint density at radius 2 is 1.88 bits per heavy atom. The lowest BCUT2D eigenvalue weighted by atomic mass is 10.2. The van der Waals surface area contributed by atoms with E-state index in [1.54, 1.807) is 24.3 Å². The van der Waals surface area contributed by atoms with Crippen LogP contribution >= 0.6 is 0 Å². The molecule has 0 aliphatic heterocycles. The Kier molecular flexibility index (Phi) is 5.62. The standard InChI is InChI=1S/C17H17NO6/c1-2-23-15-6-4-3-5-13(15)18-16(21)10-24-17(22)12-8-7-11(19)9-14(12)20/h3-9,19-20H,2,10H2,1H3,(H,18,21). The number of hydrogen-bond donors (Lipinski definition) is 3. The third-order valence-corrected chi connectivity index (χ3v) is 3.00. The summed E-state index contributed by atoms with van der Waals surface area (Å²) in [4.78, 5) is 23.7. The second-order valence-electron chi connectivity index (χ2n) is 4.75. The average Bonchev–Trinajstić information content (AvgIpc) is 2.55. The Morgan fingerprint density at radius 1 is 1.12 bits per heavy atom. The molecule has 3 N–H and O–H groups in total. The molecule has 0 fully saturated rings. The molecule has 0 spiro atoms. The minimum Gasteiger partial charge on any atom is -0.508 e. The number of phenolic OH excluding ortho intramolecular Hbond substituents is 2. The fourth-order valence-corrected chi connectivity index (χ4v) is 1.94. The summed E-state index contributed by atoms with van der Waals surface area (Å²) in [5, 5.41) is 21.3. The Labute approximate surface area is 138 Å². The number of para-hydroxylation sites is 2. The summed E-state index contributed by atoms with van der Waals surface area (Å²) in [6.07, 6.45) is 0.